The highest BCUT2D eigenvalue weighted by Gasteiger charge is 2.53. The van der Waals surface area contributed by atoms with Crippen LogP contribution in [0.15, 0.2) is 195 Å². The number of rotatable bonds is 9. The van der Waals surface area contributed by atoms with Gasteiger partial charge in [-0.2, -0.15) is 0 Å². The maximum atomic E-state index is 4.44. The first-order chi connectivity index (χ1) is 29.3. The van der Waals surface area contributed by atoms with E-state index in [1.165, 1.54) is 61.3 Å². The lowest BCUT2D eigenvalue weighted by Gasteiger charge is -2.42. The largest absolute Gasteiger partial charge is 0.335 e. The van der Waals surface area contributed by atoms with Crippen molar-refractivity contribution in [2.45, 2.75) is 83.1 Å². The van der Waals surface area contributed by atoms with Crippen molar-refractivity contribution in [3.8, 4) is 22.3 Å². The van der Waals surface area contributed by atoms with Crippen LogP contribution in [0.1, 0.15) is 94.7 Å². The standard InChI is InChI=1S/C59H58N2/c1-10-36-58(9,11-2)61(45-26-16-12-13-17-27-45)47-31-35-51-50-34-30-46(60(43-22-18-14-19-23-43)44-24-20-15-21-25-44)39-54(50)59(55(51)40-47)52-37-41(56(3,4)5)28-32-48(52)49-33-29-42(38-53(49)59)57(6,7)8/h10-26,28-35,37-40H,1-2,27,36H2,3-9H3. The molecule has 0 aliphatic heterocycles. The van der Waals surface area contributed by atoms with Crippen LogP contribution in [-0.4, -0.2) is 5.54 Å². The van der Waals surface area contributed by atoms with Crippen molar-refractivity contribution in [3.63, 3.8) is 0 Å². The number of nitrogens with zero attached hydrogens (tertiary/aromatic N) is 2. The van der Waals surface area contributed by atoms with Crippen molar-refractivity contribution in [2.24, 2.45) is 0 Å². The van der Waals surface area contributed by atoms with E-state index in [0.29, 0.717) is 0 Å². The molecule has 9 rings (SSSR count). The van der Waals surface area contributed by atoms with Crippen molar-refractivity contribution in [1.82, 2.24) is 0 Å². The molecule has 6 aromatic carbocycles. The fourth-order valence-electron chi connectivity index (χ4n) is 10.1. The summed E-state index contributed by atoms with van der Waals surface area (Å²) in [5.74, 6) is 0. The zero-order chi connectivity index (χ0) is 42.7. The third-order valence-corrected chi connectivity index (χ3v) is 13.3. The summed E-state index contributed by atoms with van der Waals surface area (Å²) in [5.41, 5.74) is 17.8. The molecule has 0 bridgehead atoms. The number of benzene rings is 6. The Kier molecular flexibility index (Phi) is 9.82. The summed E-state index contributed by atoms with van der Waals surface area (Å²) in [4.78, 5) is 4.92. The van der Waals surface area contributed by atoms with Crippen molar-refractivity contribution in [2.75, 3.05) is 9.80 Å². The highest BCUT2D eigenvalue weighted by Crippen LogP contribution is 2.65. The fraction of sp³-hybridized carbons (Fsp3) is 0.220. The Bertz CT molecular complexity index is 2660. The molecule has 2 heteroatoms. The van der Waals surface area contributed by atoms with Gasteiger partial charge in [0.05, 0.1) is 11.0 Å². The molecule has 3 aliphatic carbocycles. The summed E-state index contributed by atoms with van der Waals surface area (Å²) < 4.78 is 0. The average Bonchev–Trinajstić information content (AvgIpc) is 3.53. The van der Waals surface area contributed by atoms with Crippen LogP contribution in [-0.2, 0) is 16.2 Å². The van der Waals surface area contributed by atoms with E-state index in [9.17, 15) is 0 Å². The Balaban J connectivity index is 1.41. The Morgan fingerprint density at radius 3 is 1.49 bits per heavy atom. The summed E-state index contributed by atoms with van der Waals surface area (Å²) in [6, 6.07) is 50.7. The van der Waals surface area contributed by atoms with Gasteiger partial charge in [-0.25, -0.2) is 0 Å². The topological polar surface area (TPSA) is 6.48 Å². The van der Waals surface area contributed by atoms with Crippen LogP contribution < -0.4 is 9.80 Å². The van der Waals surface area contributed by atoms with Crippen LogP contribution in [0.3, 0.4) is 0 Å². The molecule has 0 radical (unpaired) electrons. The highest BCUT2D eigenvalue weighted by atomic mass is 15.2. The van der Waals surface area contributed by atoms with Gasteiger partial charge in [0.2, 0.25) is 0 Å². The molecular weight excluding hydrogens is 737 g/mol. The molecule has 0 heterocycles. The van der Waals surface area contributed by atoms with Gasteiger partial charge in [0, 0.05) is 34.9 Å². The smallest absolute Gasteiger partial charge is 0.0727 e. The van der Waals surface area contributed by atoms with Crippen molar-refractivity contribution < 1.29 is 0 Å². The van der Waals surface area contributed by atoms with Gasteiger partial charge in [-0.3, -0.25) is 0 Å². The summed E-state index contributed by atoms with van der Waals surface area (Å²) in [7, 11) is 0. The summed E-state index contributed by atoms with van der Waals surface area (Å²) >= 11 is 0. The molecule has 0 fully saturated rings. The van der Waals surface area contributed by atoms with E-state index < -0.39 is 11.0 Å². The first-order valence-corrected chi connectivity index (χ1v) is 21.9. The number of fused-ring (bicyclic) bond motifs is 10. The molecule has 6 aromatic rings. The predicted octanol–water partition coefficient (Wildman–Crippen LogP) is 15.8. The second-order valence-electron chi connectivity index (χ2n) is 19.3. The van der Waals surface area contributed by atoms with Gasteiger partial charge >= 0.3 is 0 Å². The van der Waals surface area contributed by atoms with Gasteiger partial charge in [0.1, 0.15) is 0 Å². The third kappa shape index (κ3) is 6.56. The average molecular weight is 795 g/mol. The minimum absolute atomic E-state index is 0.0484. The minimum atomic E-state index is -0.602. The molecule has 0 N–H and O–H groups in total. The molecular formula is C59H58N2. The van der Waals surface area contributed by atoms with Crippen molar-refractivity contribution >= 4 is 22.7 Å². The van der Waals surface area contributed by atoms with Crippen molar-refractivity contribution in [1.29, 1.82) is 0 Å². The first kappa shape index (κ1) is 40.0. The molecule has 0 amide bonds. The van der Waals surface area contributed by atoms with Gasteiger partial charge in [-0.05, 0) is 134 Å². The summed E-state index contributed by atoms with van der Waals surface area (Å²) in [5, 5.41) is 0. The van der Waals surface area contributed by atoms with Gasteiger partial charge in [-0.15, -0.1) is 13.2 Å². The van der Waals surface area contributed by atoms with Gasteiger partial charge < -0.3 is 9.80 Å². The molecule has 2 nitrogen and oxygen atoms in total. The second kappa shape index (κ2) is 15.0. The number of anilines is 4. The van der Waals surface area contributed by atoms with Crippen LogP contribution in [0, 0.1) is 0 Å². The predicted molar refractivity (Wildman–Crippen MR) is 262 cm³/mol. The molecule has 1 atom stereocenters. The number of hydrogen-bond acceptors (Lipinski definition) is 2. The molecule has 1 spiro atoms. The van der Waals surface area contributed by atoms with Crippen LogP contribution in [0.5, 0.6) is 0 Å². The zero-order valence-electron chi connectivity index (χ0n) is 37.0. The third-order valence-electron chi connectivity index (χ3n) is 13.3. The maximum Gasteiger partial charge on any atom is 0.0727 e. The van der Waals surface area contributed by atoms with Crippen LogP contribution in [0.4, 0.5) is 22.7 Å². The monoisotopic (exact) mass is 794 g/mol. The van der Waals surface area contributed by atoms with E-state index in [-0.39, 0.29) is 10.8 Å². The molecule has 0 saturated heterocycles. The lowest BCUT2D eigenvalue weighted by atomic mass is 9.68. The normalized spacial score (nSPS) is 15.5. The SMILES string of the molecule is C=CCC(C)(C=C)N(C1=CC=CC=CC1)c1ccc2c(c1)C1(c3cc(N(c4ccccc4)c4ccccc4)ccc3-2)c2cc(C(C)(C)C)ccc2-c2ccc(C(C)(C)C)cc21. The van der Waals surface area contributed by atoms with E-state index >= 15 is 0 Å². The molecule has 3 aliphatic rings. The maximum absolute atomic E-state index is 4.44. The Morgan fingerprint density at radius 1 is 0.525 bits per heavy atom. The van der Waals surface area contributed by atoms with E-state index in [4.69, 9.17) is 0 Å². The number of para-hydroxylation sites is 2. The molecule has 1 unspecified atom stereocenters. The van der Waals surface area contributed by atoms with E-state index in [1.807, 2.05) is 6.08 Å². The first-order valence-electron chi connectivity index (χ1n) is 21.9. The van der Waals surface area contributed by atoms with Crippen LogP contribution >= 0.6 is 0 Å². The van der Waals surface area contributed by atoms with E-state index in [2.05, 4.69) is 241 Å². The number of allylic oxidation sites excluding steroid dienone is 5. The second-order valence-corrected chi connectivity index (χ2v) is 19.3. The Morgan fingerprint density at radius 2 is 1.00 bits per heavy atom. The molecule has 61 heavy (non-hydrogen) atoms. The quantitative estimate of drug-likeness (QED) is 0.134. The summed E-state index contributed by atoms with van der Waals surface area (Å²) in [6.07, 6.45) is 16.6. The van der Waals surface area contributed by atoms with E-state index in [0.717, 1.165) is 35.6 Å². The van der Waals surface area contributed by atoms with E-state index in [1.54, 1.807) is 0 Å². The lowest BCUT2D eigenvalue weighted by molar-refractivity contribution is 0.552. The van der Waals surface area contributed by atoms with Crippen molar-refractivity contribution in [3.05, 3.63) is 228 Å². The molecule has 304 valence electrons. The van der Waals surface area contributed by atoms with Gasteiger partial charge in [0.25, 0.3) is 0 Å². The molecule has 0 aromatic heterocycles. The van der Waals surface area contributed by atoms with Crippen LogP contribution in [0.2, 0.25) is 0 Å². The fourth-order valence-corrected chi connectivity index (χ4v) is 10.1. The van der Waals surface area contributed by atoms with Gasteiger partial charge in [-0.1, -0.05) is 163 Å². The highest BCUT2D eigenvalue weighted by molar-refractivity contribution is 5.97. The Hall–Kier alpha value is -6.38. The zero-order valence-corrected chi connectivity index (χ0v) is 37.0. The van der Waals surface area contributed by atoms with Crippen LogP contribution in [0.25, 0.3) is 22.3 Å². The minimum Gasteiger partial charge on any atom is -0.335 e. The number of hydrogen-bond donors (Lipinski definition) is 0. The Labute approximate surface area is 364 Å². The lowest BCUT2D eigenvalue weighted by Crippen LogP contribution is -2.44. The van der Waals surface area contributed by atoms with Gasteiger partial charge in [0.15, 0.2) is 0 Å². The summed E-state index contributed by atoms with van der Waals surface area (Å²) in [6.45, 7) is 25.0. The molecule has 0 saturated carbocycles.